The molecule has 2 N–H and O–H groups in total. The molecule has 1 nitrogen and oxygen atoms in total. The van der Waals surface area contributed by atoms with Crippen molar-refractivity contribution in [2.75, 3.05) is 5.73 Å². The smallest absolute Gasteiger partial charge is 0.0434 e. The van der Waals surface area contributed by atoms with Crippen LogP contribution >= 0.6 is 11.3 Å². The first-order valence-corrected chi connectivity index (χ1v) is 8.82. The highest BCUT2D eigenvalue weighted by Crippen LogP contribution is 2.43. The molecule has 0 atom stereocenters. The third-order valence-corrected chi connectivity index (χ3v) is 5.86. The predicted molar refractivity (Wildman–Crippen MR) is 107 cm³/mol. The SMILES string of the molecule is Nc1ccccc1-c1cc2c3ccccc3sc2c2ccccc12. The third-order valence-electron chi connectivity index (χ3n) is 4.64. The molecular weight excluding hydrogens is 310 g/mol. The van der Waals surface area contributed by atoms with E-state index in [4.69, 9.17) is 5.73 Å². The van der Waals surface area contributed by atoms with Gasteiger partial charge in [0.25, 0.3) is 0 Å². The van der Waals surface area contributed by atoms with Gasteiger partial charge in [-0.15, -0.1) is 11.3 Å². The molecule has 2 heteroatoms. The third kappa shape index (κ3) is 1.87. The molecule has 0 amide bonds. The van der Waals surface area contributed by atoms with Gasteiger partial charge in [0, 0.05) is 36.8 Å². The van der Waals surface area contributed by atoms with Gasteiger partial charge in [0.2, 0.25) is 0 Å². The average Bonchev–Trinajstić information content (AvgIpc) is 3.01. The minimum Gasteiger partial charge on any atom is -0.398 e. The second-order valence-electron chi connectivity index (χ2n) is 6.03. The normalized spacial score (nSPS) is 11.5. The van der Waals surface area contributed by atoms with E-state index in [9.17, 15) is 0 Å². The number of fused-ring (bicyclic) bond motifs is 5. The second kappa shape index (κ2) is 5.08. The van der Waals surface area contributed by atoms with Crippen LogP contribution in [0.3, 0.4) is 0 Å². The summed E-state index contributed by atoms with van der Waals surface area (Å²) in [6, 6.07) is 27.7. The Morgan fingerprint density at radius 2 is 1.25 bits per heavy atom. The molecule has 0 radical (unpaired) electrons. The zero-order valence-electron chi connectivity index (χ0n) is 13.0. The molecule has 0 unspecified atom stereocenters. The maximum absolute atomic E-state index is 6.28. The fraction of sp³-hybridized carbons (Fsp3) is 0. The van der Waals surface area contributed by atoms with Gasteiger partial charge in [-0.1, -0.05) is 60.7 Å². The van der Waals surface area contributed by atoms with Crippen molar-refractivity contribution >= 4 is 48.0 Å². The summed E-state index contributed by atoms with van der Waals surface area (Å²) >= 11 is 1.87. The molecule has 0 fully saturated rings. The number of nitrogens with two attached hydrogens (primary N) is 1. The molecule has 114 valence electrons. The first-order chi connectivity index (χ1) is 11.8. The molecule has 0 aliphatic heterocycles. The highest BCUT2D eigenvalue weighted by Gasteiger charge is 2.13. The van der Waals surface area contributed by atoms with Gasteiger partial charge < -0.3 is 5.73 Å². The summed E-state index contributed by atoms with van der Waals surface area (Å²) in [6.07, 6.45) is 0. The van der Waals surface area contributed by atoms with Crippen LogP contribution in [0.5, 0.6) is 0 Å². The van der Waals surface area contributed by atoms with Crippen LogP contribution in [-0.2, 0) is 0 Å². The fourth-order valence-electron chi connectivity index (χ4n) is 3.51. The van der Waals surface area contributed by atoms with E-state index in [1.807, 2.05) is 23.5 Å². The van der Waals surface area contributed by atoms with E-state index in [0.29, 0.717) is 0 Å². The number of anilines is 1. The van der Waals surface area contributed by atoms with Crippen LogP contribution in [0, 0.1) is 0 Å². The Balaban J connectivity index is 2.02. The Morgan fingerprint density at radius 1 is 0.583 bits per heavy atom. The molecule has 0 aliphatic rings. The Morgan fingerprint density at radius 3 is 2.08 bits per heavy atom. The lowest BCUT2D eigenvalue weighted by atomic mass is 9.95. The van der Waals surface area contributed by atoms with E-state index < -0.39 is 0 Å². The van der Waals surface area contributed by atoms with Crippen molar-refractivity contribution in [1.29, 1.82) is 0 Å². The lowest BCUT2D eigenvalue weighted by Gasteiger charge is -2.11. The number of hydrogen-bond donors (Lipinski definition) is 1. The number of benzene rings is 4. The van der Waals surface area contributed by atoms with Crippen LogP contribution in [0.1, 0.15) is 0 Å². The average molecular weight is 325 g/mol. The molecule has 0 bridgehead atoms. The van der Waals surface area contributed by atoms with Gasteiger partial charge in [0.1, 0.15) is 0 Å². The summed E-state index contributed by atoms with van der Waals surface area (Å²) in [5.41, 5.74) is 9.41. The fourth-order valence-corrected chi connectivity index (χ4v) is 4.73. The van der Waals surface area contributed by atoms with Crippen molar-refractivity contribution in [2.24, 2.45) is 0 Å². The molecule has 5 rings (SSSR count). The molecular formula is C22H15NS. The zero-order chi connectivity index (χ0) is 16.1. The van der Waals surface area contributed by atoms with Crippen LogP contribution in [-0.4, -0.2) is 0 Å². The number of nitrogen functional groups attached to an aromatic ring is 1. The summed E-state index contributed by atoms with van der Waals surface area (Å²) in [5.74, 6) is 0. The lowest BCUT2D eigenvalue weighted by Crippen LogP contribution is -1.90. The summed E-state index contributed by atoms with van der Waals surface area (Å²) in [4.78, 5) is 0. The number of hydrogen-bond acceptors (Lipinski definition) is 2. The molecule has 1 aromatic heterocycles. The van der Waals surface area contributed by atoms with Gasteiger partial charge in [-0.25, -0.2) is 0 Å². The molecule has 0 saturated heterocycles. The van der Waals surface area contributed by atoms with Gasteiger partial charge in [-0.3, -0.25) is 0 Å². The zero-order valence-corrected chi connectivity index (χ0v) is 13.8. The largest absolute Gasteiger partial charge is 0.398 e. The van der Waals surface area contributed by atoms with Crippen molar-refractivity contribution in [2.45, 2.75) is 0 Å². The highest BCUT2D eigenvalue weighted by molar-refractivity contribution is 7.26. The molecule has 0 spiro atoms. The summed E-state index contributed by atoms with van der Waals surface area (Å²) in [5, 5.41) is 5.19. The Hall–Kier alpha value is -2.84. The quantitative estimate of drug-likeness (QED) is 0.352. The lowest BCUT2D eigenvalue weighted by molar-refractivity contribution is 1.65. The molecule has 5 aromatic rings. The van der Waals surface area contributed by atoms with Crippen molar-refractivity contribution in [3.8, 4) is 11.1 Å². The molecule has 0 saturated carbocycles. The first-order valence-electron chi connectivity index (χ1n) is 8.01. The van der Waals surface area contributed by atoms with Gasteiger partial charge >= 0.3 is 0 Å². The van der Waals surface area contributed by atoms with E-state index in [0.717, 1.165) is 11.3 Å². The van der Waals surface area contributed by atoms with E-state index >= 15 is 0 Å². The predicted octanol–water partition coefficient (Wildman–Crippen LogP) is 6.46. The number of thiophene rings is 1. The maximum atomic E-state index is 6.28. The summed E-state index contributed by atoms with van der Waals surface area (Å²) < 4.78 is 2.68. The van der Waals surface area contributed by atoms with Crippen LogP contribution < -0.4 is 5.73 Å². The molecule has 1 heterocycles. The van der Waals surface area contributed by atoms with Crippen molar-refractivity contribution in [1.82, 2.24) is 0 Å². The first kappa shape index (κ1) is 13.6. The van der Waals surface area contributed by atoms with E-state index in [2.05, 4.69) is 66.7 Å². The minimum atomic E-state index is 0.821. The Bertz CT molecular complexity index is 1220. The van der Waals surface area contributed by atoms with Crippen LogP contribution in [0.2, 0.25) is 0 Å². The summed E-state index contributed by atoms with van der Waals surface area (Å²) in [7, 11) is 0. The van der Waals surface area contributed by atoms with Gasteiger partial charge in [0.05, 0.1) is 0 Å². The monoisotopic (exact) mass is 325 g/mol. The van der Waals surface area contributed by atoms with E-state index in [1.165, 1.54) is 36.5 Å². The minimum absolute atomic E-state index is 0.821. The van der Waals surface area contributed by atoms with Crippen molar-refractivity contribution < 1.29 is 0 Å². The van der Waals surface area contributed by atoms with Crippen LogP contribution in [0.4, 0.5) is 5.69 Å². The van der Waals surface area contributed by atoms with Gasteiger partial charge in [-0.2, -0.15) is 0 Å². The summed E-state index contributed by atoms with van der Waals surface area (Å²) in [6.45, 7) is 0. The van der Waals surface area contributed by atoms with Crippen molar-refractivity contribution in [3.63, 3.8) is 0 Å². The molecule has 0 aliphatic carbocycles. The highest BCUT2D eigenvalue weighted by atomic mass is 32.1. The van der Waals surface area contributed by atoms with E-state index in [-0.39, 0.29) is 0 Å². The van der Waals surface area contributed by atoms with Gasteiger partial charge in [-0.05, 0) is 29.1 Å². The Kier molecular flexibility index (Phi) is 2.88. The topological polar surface area (TPSA) is 26.0 Å². The van der Waals surface area contributed by atoms with Crippen LogP contribution in [0.15, 0.2) is 78.9 Å². The number of rotatable bonds is 1. The number of para-hydroxylation sites is 1. The standard InChI is InChI=1S/C22H15NS/c23-20-11-5-3-8-15(20)18-13-19-16-9-4-6-12-21(16)24-22(19)17-10-2-1-7-14(17)18/h1-13H,23H2. The van der Waals surface area contributed by atoms with E-state index in [1.54, 1.807) is 0 Å². The van der Waals surface area contributed by atoms with Gasteiger partial charge in [0.15, 0.2) is 0 Å². The maximum Gasteiger partial charge on any atom is 0.0434 e. The molecule has 4 aromatic carbocycles. The Labute approximate surface area is 144 Å². The second-order valence-corrected chi connectivity index (χ2v) is 7.08. The molecule has 24 heavy (non-hydrogen) atoms. The van der Waals surface area contributed by atoms with Crippen LogP contribution in [0.25, 0.3) is 42.1 Å². The van der Waals surface area contributed by atoms with Crippen molar-refractivity contribution in [3.05, 3.63) is 78.9 Å².